The van der Waals surface area contributed by atoms with E-state index in [1.807, 2.05) is 0 Å². The van der Waals surface area contributed by atoms with E-state index < -0.39 is 59.7 Å². The minimum absolute atomic E-state index is 0.0138. The highest BCUT2D eigenvalue weighted by Gasteiger charge is 2.82. The summed E-state index contributed by atoms with van der Waals surface area (Å²) in [5.41, 5.74) is -8.91. The Kier molecular flexibility index (Phi) is 7.77. The van der Waals surface area contributed by atoms with Crippen LogP contribution in [0.2, 0.25) is 20.1 Å². The zero-order valence-corrected chi connectivity index (χ0v) is 22.1. The molecular weight excluding hydrogens is 574 g/mol. The van der Waals surface area contributed by atoms with Gasteiger partial charge < -0.3 is 34.6 Å². The van der Waals surface area contributed by atoms with E-state index in [-0.39, 0.29) is 21.5 Å². The highest BCUT2D eigenvalue weighted by Crippen LogP contribution is 2.56. The Balaban J connectivity index is 1.64. The van der Waals surface area contributed by atoms with Gasteiger partial charge in [-0.15, -0.1) is 0 Å². The molecule has 2 fully saturated rings. The monoisotopic (exact) mass is 593 g/mol. The first-order valence-electron chi connectivity index (χ1n) is 10.8. The zero-order valence-electron chi connectivity index (χ0n) is 19.0. The number of hydrogen-bond acceptors (Lipinski definition) is 9. The number of aliphatic hydroxyl groups is 4. The largest absolute Gasteiger partial charge is 0.484 e. The lowest BCUT2D eigenvalue weighted by Crippen LogP contribution is -2.90. The molecule has 0 bridgehead atoms. The minimum atomic E-state index is -3.22. The normalized spacial score (nSPS) is 32.7. The molecule has 199 valence electrons. The second kappa shape index (κ2) is 10.1. The SMILES string of the molecule is CC1C(O)[C@H]2O[CH][C@@](O)(C(=O)COc3ccc(Cl)cc3Cl)[C@](O)(C(=O)COc3ccc(Cl)cc3Cl)[C@@]12O. The highest BCUT2D eigenvalue weighted by molar-refractivity contribution is 6.36. The lowest BCUT2D eigenvalue weighted by Gasteiger charge is -2.65. The van der Waals surface area contributed by atoms with Gasteiger partial charge in [0.05, 0.1) is 16.1 Å². The molecule has 2 aromatic rings. The van der Waals surface area contributed by atoms with Crippen LogP contribution in [0, 0.1) is 12.5 Å². The Hall–Kier alpha value is -1.66. The maximum absolute atomic E-state index is 13.5. The van der Waals surface area contributed by atoms with E-state index in [1.165, 1.54) is 43.3 Å². The van der Waals surface area contributed by atoms with Gasteiger partial charge in [0.25, 0.3) is 0 Å². The highest BCUT2D eigenvalue weighted by atomic mass is 35.5. The van der Waals surface area contributed by atoms with Crippen molar-refractivity contribution in [1.29, 1.82) is 0 Å². The van der Waals surface area contributed by atoms with Crippen molar-refractivity contribution < 1.29 is 44.2 Å². The Morgan fingerprint density at radius 1 is 0.892 bits per heavy atom. The van der Waals surface area contributed by atoms with E-state index in [4.69, 9.17) is 60.6 Å². The van der Waals surface area contributed by atoms with E-state index in [2.05, 4.69) is 0 Å². The molecule has 0 amide bonds. The molecular formula is C24H21Cl4O9. The third kappa shape index (κ3) is 4.40. The summed E-state index contributed by atoms with van der Waals surface area (Å²) >= 11 is 23.8. The molecule has 2 unspecified atom stereocenters. The van der Waals surface area contributed by atoms with Gasteiger partial charge in [0.1, 0.15) is 43.0 Å². The quantitative estimate of drug-likeness (QED) is 0.363. The number of rotatable bonds is 8. The van der Waals surface area contributed by atoms with Gasteiger partial charge >= 0.3 is 0 Å². The van der Waals surface area contributed by atoms with Crippen molar-refractivity contribution in [2.75, 3.05) is 13.2 Å². The van der Waals surface area contributed by atoms with Gasteiger partial charge in [0, 0.05) is 16.0 Å². The van der Waals surface area contributed by atoms with Crippen LogP contribution in [0.1, 0.15) is 6.92 Å². The molecule has 1 saturated carbocycles. The Labute approximate surface area is 231 Å². The lowest BCUT2D eigenvalue weighted by atomic mass is 9.50. The van der Waals surface area contributed by atoms with Crippen LogP contribution in [-0.2, 0) is 14.3 Å². The third-order valence-electron chi connectivity index (χ3n) is 6.80. The molecule has 2 aliphatic rings. The number of ketones is 2. The average molecular weight is 595 g/mol. The summed E-state index contributed by atoms with van der Waals surface area (Å²) in [5.74, 6) is -3.69. The maximum atomic E-state index is 13.5. The summed E-state index contributed by atoms with van der Waals surface area (Å²) < 4.78 is 16.0. The molecule has 13 heteroatoms. The summed E-state index contributed by atoms with van der Waals surface area (Å²) in [4.78, 5) is 26.7. The average Bonchev–Trinajstić information content (AvgIpc) is 2.85. The first-order chi connectivity index (χ1) is 17.3. The number of fused-ring (bicyclic) bond motifs is 1. The zero-order chi connectivity index (χ0) is 27.3. The molecule has 9 nitrogen and oxygen atoms in total. The summed E-state index contributed by atoms with van der Waals surface area (Å²) in [5, 5.41) is 45.6. The Morgan fingerprint density at radius 3 is 1.86 bits per heavy atom. The molecule has 6 atom stereocenters. The van der Waals surface area contributed by atoms with Gasteiger partial charge in [-0.3, -0.25) is 9.59 Å². The van der Waals surface area contributed by atoms with Crippen LogP contribution in [0.3, 0.4) is 0 Å². The number of Topliss-reactive ketones (excluding diaryl/α,β-unsaturated/α-hetero) is 2. The maximum Gasteiger partial charge on any atom is 0.208 e. The first kappa shape index (κ1) is 28.4. The molecule has 37 heavy (non-hydrogen) atoms. The van der Waals surface area contributed by atoms with Crippen molar-refractivity contribution >= 4 is 58.0 Å². The van der Waals surface area contributed by atoms with Crippen molar-refractivity contribution in [3.8, 4) is 11.5 Å². The predicted molar refractivity (Wildman–Crippen MR) is 133 cm³/mol. The topological polar surface area (TPSA) is 143 Å². The first-order valence-corrected chi connectivity index (χ1v) is 12.4. The van der Waals surface area contributed by atoms with Gasteiger partial charge in [0.2, 0.25) is 11.6 Å². The molecule has 1 saturated heterocycles. The fourth-order valence-corrected chi connectivity index (χ4v) is 5.52. The lowest BCUT2D eigenvalue weighted by molar-refractivity contribution is -0.370. The molecule has 0 spiro atoms. The van der Waals surface area contributed by atoms with Crippen LogP contribution >= 0.6 is 46.4 Å². The van der Waals surface area contributed by atoms with E-state index in [0.717, 1.165) is 0 Å². The number of carbonyl (C=O) groups is 2. The fourth-order valence-electron chi connectivity index (χ4n) is 4.59. The Bertz CT molecular complexity index is 1240. The van der Waals surface area contributed by atoms with Crippen LogP contribution in [0.4, 0.5) is 0 Å². The van der Waals surface area contributed by atoms with E-state index in [1.54, 1.807) is 0 Å². The fraction of sp³-hybridized carbons (Fsp3) is 0.375. The number of aliphatic hydroxyl groups excluding tert-OH is 1. The summed E-state index contributed by atoms with van der Waals surface area (Å²) in [6.45, 7) is 0.00130. The molecule has 2 aromatic carbocycles. The van der Waals surface area contributed by atoms with Crippen molar-refractivity contribution in [2.24, 2.45) is 5.92 Å². The van der Waals surface area contributed by atoms with Crippen LogP contribution in [0.15, 0.2) is 36.4 Å². The van der Waals surface area contributed by atoms with E-state index >= 15 is 0 Å². The van der Waals surface area contributed by atoms with Gasteiger partial charge in [0.15, 0.2) is 11.2 Å². The number of ether oxygens (including phenoxy) is 3. The molecule has 1 aliphatic heterocycles. The second-order valence-electron chi connectivity index (χ2n) is 8.83. The standard InChI is InChI=1S/C24H21Cl4O9/c1-11-20(31)21-23(11,33)24(34,19(30)9-36-17-5-3-13(26)7-15(17)28)22(32,10-37-21)18(29)8-35-16-4-2-12(25)6-14(16)27/h2-7,10-11,20-21,31-34H,8-9H2,1H3/t11?,20?,21-,22-,23-,24-/m1/s1. The van der Waals surface area contributed by atoms with Crippen molar-refractivity contribution in [3.63, 3.8) is 0 Å². The summed E-state index contributed by atoms with van der Waals surface area (Å²) in [7, 11) is 0. The summed E-state index contributed by atoms with van der Waals surface area (Å²) in [6, 6.07) is 8.34. The molecule has 0 aromatic heterocycles. The van der Waals surface area contributed by atoms with Gasteiger partial charge in [-0.2, -0.15) is 0 Å². The predicted octanol–water partition coefficient (Wildman–Crippen LogP) is 2.66. The van der Waals surface area contributed by atoms with Crippen molar-refractivity contribution in [3.05, 3.63) is 63.1 Å². The van der Waals surface area contributed by atoms with E-state index in [9.17, 15) is 30.0 Å². The number of carbonyl (C=O) groups excluding carboxylic acids is 2. The van der Waals surface area contributed by atoms with Crippen molar-refractivity contribution in [2.45, 2.75) is 35.9 Å². The van der Waals surface area contributed by atoms with Gasteiger partial charge in [-0.25, -0.2) is 0 Å². The smallest absolute Gasteiger partial charge is 0.208 e. The minimum Gasteiger partial charge on any atom is -0.484 e. The van der Waals surface area contributed by atoms with Crippen LogP contribution in [0.5, 0.6) is 11.5 Å². The molecule has 1 aliphatic carbocycles. The van der Waals surface area contributed by atoms with Gasteiger partial charge in [-0.05, 0) is 36.4 Å². The van der Waals surface area contributed by atoms with Crippen LogP contribution in [0.25, 0.3) is 0 Å². The third-order valence-corrected chi connectivity index (χ3v) is 7.86. The van der Waals surface area contributed by atoms with Crippen LogP contribution < -0.4 is 9.47 Å². The van der Waals surface area contributed by atoms with Gasteiger partial charge in [-0.1, -0.05) is 53.3 Å². The molecule has 1 heterocycles. The number of benzene rings is 2. The number of halogens is 4. The van der Waals surface area contributed by atoms with Crippen molar-refractivity contribution in [1.82, 2.24) is 0 Å². The summed E-state index contributed by atoms with van der Waals surface area (Å²) in [6.07, 6.45) is -2.83. The molecule has 4 N–H and O–H groups in total. The second-order valence-corrected chi connectivity index (χ2v) is 10.5. The van der Waals surface area contributed by atoms with E-state index in [0.29, 0.717) is 16.7 Å². The van der Waals surface area contributed by atoms with Crippen LogP contribution in [-0.4, -0.2) is 74.2 Å². The molecule has 1 radical (unpaired) electrons. The Morgan fingerprint density at radius 2 is 1.38 bits per heavy atom. The molecule has 4 rings (SSSR count). The number of hydrogen-bond donors (Lipinski definition) is 4.